The Bertz CT molecular complexity index is 735. The van der Waals surface area contributed by atoms with Crippen LogP contribution >= 0.6 is 0 Å². The molecule has 1 heterocycles. The van der Waals surface area contributed by atoms with Crippen LogP contribution in [0.15, 0.2) is 18.2 Å². The lowest BCUT2D eigenvalue weighted by Gasteiger charge is -2.28. The lowest BCUT2D eigenvalue weighted by Crippen LogP contribution is -2.36. The molecule has 1 fully saturated rings. The third kappa shape index (κ3) is 3.31. The topological polar surface area (TPSA) is 91.1 Å². The molecule has 8 heteroatoms. The number of benzene rings is 1. The van der Waals surface area contributed by atoms with Crippen molar-refractivity contribution in [2.24, 2.45) is 5.92 Å². The highest BCUT2D eigenvalue weighted by Crippen LogP contribution is 2.41. The summed E-state index contributed by atoms with van der Waals surface area (Å²) in [5, 5.41) is 10.8. The van der Waals surface area contributed by atoms with Crippen LogP contribution in [0.4, 0.5) is 0 Å². The molecule has 0 aromatic heterocycles. The van der Waals surface area contributed by atoms with E-state index < -0.39 is 12.0 Å². The van der Waals surface area contributed by atoms with E-state index in [1.165, 1.54) is 0 Å². The highest BCUT2D eigenvalue weighted by molar-refractivity contribution is 5.84. The Balaban J connectivity index is 1.79. The number of nitro groups is 1. The summed E-state index contributed by atoms with van der Waals surface area (Å²) in [7, 11) is 4.75. The molecule has 1 aromatic rings. The lowest BCUT2D eigenvalue weighted by molar-refractivity contribution is -0.497. The molecule has 0 saturated heterocycles. The molecule has 2 unspecified atom stereocenters. The number of ether oxygens (including phenoxy) is 3. The van der Waals surface area contributed by atoms with Crippen molar-refractivity contribution in [3.8, 4) is 17.2 Å². The summed E-state index contributed by atoms with van der Waals surface area (Å²) in [6.45, 7) is 0.942. The summed E-state index contributed by atoms with van der Waals surface area (Å²) in [5.41, 5.74) is 1.87. The van der Waals surface area contributed by atoms with Crippen LogP contribution in [-0.4, -0.2) is 56.2 Å². The molecule has 1 aliphatic carbocycles. The summed E-state index contributed by atoms with van der Waals surface area (Å²) in [6.07, 6.45) is 2.93. The van der Waals surface area contributed by atoms with Crippen LogP contribution in [0.1, 0.15) is 18.4 Å². The summed E-state index contributed by atoms with van der Waals surface area (Å²) < 4.78 is 16.2. The van der Waals surface area contributed by atoms with Crippen molar-refractivity contribution in [2.45, 2.75) is 18.9 Å². The fraction of sp³-hybridized carbons (Fsp3) is 0.500. The molecular formula is C18H22N2O6. The number of carbonyl (C=O) groups is 1. The van der Waals surface area contributed by atoms with Gasteiger partial charge in [0.15, 0.2) is 0 Å². The average Bonchev–Trinajstić information content (AvgIpc) is 3.47. The zero-order chi connectivity index (χ0) is 18.8. The quantitative estimate of drug-likeness (QED) is 0.568. The standard InChI is InChI=1S/C18H22N2O6/c1-24-12-8-15(25-2)17(16(9-12)26-3)11-4-6-19(7-5-11)18(21)13-10-14(13)20(22)23/h4,8-9,13-14H,5-7,10H2,1-3H3. The van der Waals surface area contributed by atoms with Gasteiger partial charge in [0.1, 0.15) is 23.2 Å². The molecule has 0 N–H and O–H groups in total. The van der Waals surface area contributed by atoms with Gasteiger partial charge >= 0.3 is 0 Å². The Hall–Kier alpha value is -2.77. The molecular weight excluding hydrogens is 340 g/mol. The van der Waals surface area contributed by atoms with E-state index >= 15 is 0 Å². The number of rotatable bonds is 6. The largest absolute Gasteiger partial charge is 0.496 e. The predicted molar refractivity (Wildman–Crippen MR) is 94.2 cm³/mol. The Kier molecular flexibility index (Phi) is 5.01. The van der Waals surface area contributed by atoms with Crippen LogP contribution in [0.3, 0.4) is 0 Å². The number of methoxy groups -OCH3 is 3. The van der Waals surface area contributed by atoms with Crippen LogP contribution in [-0.2, 0) is 4.79 Å². The average molecular weight is 362 g/mol. The van der Waals surface area contributed by atoms with Crippen molar-refractivity contribution in [2.75, 3.05) is 34.4 Å². The number of hydrogen-bond donors (Lipinski definition) is 0. The van der Waals surface area contributed by atoms with Crippen LogP contribution in [0.5, 0.6) is 17.2 Å². The van der Waals surface area contributed by atoms with Crippen molar-refractivity contribution < 1.29 is 23.9 Å². The van der Waals surface area contributed by atoms with E-state index in [4.69, 9.17) is 14.2 Å². The van der Waals surface area contributed by atoms with Crippen molar-refractivity contribution in [3.05, 3.63) is 33.9 Å². The van der Waals surface area contributed by atoms with Gasteiger partial charge in [0, 0.05) is 36.6 Å². The van der Waals surface area contributed by atoms with Crippen molar-refractivity contribution in [3.63, 3.8) is 0 Å². The number of amides is 1. The van der Waals surface area contributed by atoms with Crippen LogP contribution < -0.4 is 14.2 Å². The Morgan fingerprint density at radius 3 is 2.27 bits per heavy atom. The molecule has 2 aliphatic rings. The van der Waals surface area contributed by atoms with Gasteiger partial charge in [0.2, 0.25) is 11.9 Å². The first kappa shape index (κ1) is 18.0. The van der Waals surface area contributed by atoms with Gasteiger partial charge in [-0.2, -0.15) is 0 Å². The van der Waals surface area contributed by atoms with Gasteiger partial charge in [0.05, 0.1) is 26.9 Å². The van der Waals surface area contributed by atoms with Gasteiger partial charge in [-0.3, -0.25) is 14.9 Å². The van der Waals surface area contributed by atoms with E-state index in [1.807, 2.05) is 6.08 Å². The summed E-state index contributed by atoms with van der Waals surface area (Å²) >= 11 is 0. The maximum Gasteiger partial charge on any atom is 0.233 e. The Labute approximate surface area is 151 Å². The highest BCUT2D eigenvalue weighted by Gasteiger charge is 2.54. The maximum atomic E-state index is 12.4. The SMILES string of the molecule is COc1cc(OC)c(C2=CCN(C(=O)C3CC3[N+](=O)[O-])CC2)c(OC)c1. The van der Waals surface area contributed by atoms with Crippen LogP contribution in [0.2, 0.25) is 0 Å². The lowest BCUT2D eigenvalue weighted by atomic mass is 9.97. The fourth-order valence-corrected chi connectivity index (χ4v) is 3.33. The van der Waals surface area contributed by atoms with Gasteiger partial charge in [0.25, 0.3) is 0 Å². The second-order valence-corrected chi connectivity index (χ2v) is 6.37. The predicted octanol–water partition coefficient (Wildman–Crippen LogP) is 1.99. The highest BCUT2D eigenvalue weighted by atomic mass is 16.6. The van der Waals surface area contributed by atoms with Crippen molar-refractivity contribution >= 4 is 11.5 Å². The maximum absolute atomic E-state index is 12.4. The van der Waals surface area contributed by atoms with E-state index in [0.29, 0.717) is 43.2 Å². The third-order valence-electron chi connectivity index (χ3n) is 4.90. The molecule has 0 radical (unpaired) electrons. The van der Waals surface area contributed by atoms with Crippen molar-refractivity contribution in [1.82, 2.24) is 4.90 Å². The second-order valence-electron chi connectivity index (χ2n) is 6.37. The molecule has 2 atom stereocenters. The number of hydrogen-bond acceptors (Lipinski definition) is 6. The molecule has 1 amide bonds. The molecule has 26 heavy (non-hydrogen) atoms. The van der Waals surface area contributed by atoms with Crippen LogP contribution in [0.25, 0.3) is 5.57 Å². The molecule has 1 aliphatic heterocycles. The molecule has 3 rings (SSSR count). The zero-order valence-electron chi connectivity index (χ0n) is 15.1. The first-order valence-corrected chi connectivity index (χ1v) is 8.41. The van der Waals surface area contributed by atoms with E-state index in [-0.39, 0.29) is 10.8 Å². The van der Waals surface area contributed by atoms with E-state index in [2.05, 4.69) is 0 Å². The van der Waals surface area contributed by atoms with E-state index in [1.54, 1.807) is 38.4 Å². The smallest absolute Gasteiger partial charge is 0.233 e. The number of carbonyl (C=O) groups excluding carboxylic acids is 1. The van der Waals surface area contributed by atoms with Gasteiger partial charge in [-0.25, -0.2) is 0 Å². The monoisotopic (exact) mass is 362 g/mol. The number of nitrogens with zero attached hydrogens (tertiary/aromatic N) is 2. The Morgan fingerprint density at radius 1 is 1.19 bits per heavy atom. The Morgan fingerprint density at radius 2 is 1.85 bits per heavy atom. The normalized spacial score (nSPS) is 21.7. The molecule has 140 valence electrons. The summed E-state index contributed by atoms with van der Waals surface area (Å²) in [4.78, 5) is 24.5. The van der Waals surface area contributed by atoms with Crippen molar-refractivity contribution in [1.29, 1.82) is 0 Å². The fourth-order valence-electron chi connectivity index (χ4n) is 3.33. The van der Waals surface area contributed by atoms with E-state index in [9.17, 15) is 14.9 Å². The second kappa shape index (κ2) is 7.23. The van der Waals surface area contributed by atoms with E-state index in [0.717, 1.165) is 11.1 Å². The van der Waals surface area contributed by atoms with Gasteiger partial charge in [-0.05, 0) is 12.0 Å². The summed E-state index contributed by atoms with van der Waals surface area (Å²) in [5.74, 6) is 1.32. The summed E-state index contributed by atoms with van der Waals surface area (Å²) in [6, 6.07) is 2.87. The van der Waals surface area contributed by atoms with Gasteiger partial charge < -0.3 is 19.1 Å². The minimum absolute atomic E-state index is 0.129. The van der Waals surface area contributed by atoms with Gasteiger partial charge in [-0.1, -0.05) is 6.08 Å². The first-order valence-electron chi connectivity index (χ1n) is 8.41. The van der Waals surface area contributed by atoms with Crippen LogP contribution in [0, 0.1) is 16.0 Å². The molecule has 0 spiro atoms. The van der Waals surface area contributed by atoms with Gasteiger partial charge in [-0.15, -0.1) is 0 Å². The molecule has 0 bridgehead atoms. The molecule has 1 aromatic carbocycles. The first-order chi connectivity index (χ1) is 12.5. The zero-order valence-corrected chi connectivity index (χ0v) is 15.1. The molecule has 1 saturated carbocycles. The minimum atomic E-state index is -0.713. The molecule has 8 nitrogen and oxygen atoms in total. The minimum Gasteiger partial charge on any atom is -0.496 e. The third-order valence-corrected chi connectivity index (χ3v) is 4.90.